The van der Waals surface area contributed by atoms with Crippen molar-refractivity contribution < 1.29 is 4.74 Å². The van der Waals surface area contributed by atoms with Gasteiger partial charge in [-0.3, -0.25) is 10.4 Å². The molecule has 0 bridgehead atoms. The number of benzene rings is 1. The maximum absolute atomic E-state index is 5.57. The van der Waals surface area contributed by atoms with Crippen molar-refractivity contribution in [3.63, 3.8) is 0 Å². The van der Waals surface area contributed by atoms with Gasteiger partial charge in [-0.2, -0.15) is 0 Å². The highest BCUT2D eigenvalue weighted by Gasteiger charge is 2.08. The third-order valence-electron chi connectivity index (χ3n) is 2.95. The molecule has 1 aromatic rings. The predicted molar refractivity (Wildman–Crippen MR) is 85.1 cm³/mol. The Morgan fingerprint density at radius 1 is 1.30 bits per heavy atom. The van der Waals surface area contributed by atoms with Crippen molar-refractivity contribution >= 4 is 11.6 Å². The van der Waals surface area contributed by atoms with Gasteiger partial charge in [-0.25, -0.2) is 5.84 Å². The van der Waals surface area contributed by atoms with Gasteiger partial charge in [0.1, 0.15) is 0 Å². The lowest BCUT2D eigenvalue weighted by Crippen LogP contribution is -2.43. The molecule has 5 nitrogen and oxygen atoms in total. The van der Waals surface area contributed by atoms with E-state index in [4.69, 9.17) is 10.6 Å². The SMILES string of the molecule is CCOCCCN=C(NN)N(C)c1cc(C)cc(C)c1. The quantitative estimate of drug-likeness (QED) is 0.275. The zero-order chi connectivity index (χ0) is 15.0. The zero-order valence-electron chi connectivity index (χ0n) is 12.9. The summed E-state index contributed by atoms with van der Waals surface area (Å²) in [5, 5.41) is 0. The number of guanidine groups is 1. The fraction of sp³-hybridized carbons (Fsp3) is 0.533. The molecular formula is C15H26N4O. The third-order valence-corrected chi connectivity index (χ3v) is 2.95. The van der Waals surface area contributed by atoms with E-state index in [1.54, 1.807) is 0 Å². The van der Waals surface area contributed by atoms with E-state index in [2.05, 4.69) is 42.5 Å². The van der Waals surface area contributed by atoms with E-state index in [-0.39, 0.29) is 0 Å². The largest absolute Gasteiger partial charge is 0.382 e. The molecule has 0 aliphatic carbocycles. The summed E-state index contributed by atoms with van der Waals surface area (Å²) in [6.45, 7) is 8.32. The summed E-state index contributed by atoms with van der Waals surface area (Å²) in [5.41, 5.74) is 6.18. The minimum atomic E-state index is 0.659. The number of hydrogen-bond acceptors (Lipinski definition) is 3. The number of anilines is 1. The molecule has 0 spiro atoms. The minimum absolute atomic E-state index is 0.659. The van der Waals surface area contributed by atoms with Crippen LogP contribution in [0, 0.1) is 13.8 Å². The van der Waals surface area contributed by atoms with Gasteiger partial charge in [0.15, 0.2) is 0 Å². The highest BCUT2D eigenvalue weighted by atomic mass is 16.5. The summed E-state index contributed by atoms with van der Waals surface area (Å²) >= 11 is 0. The van der Waals surface area contributed by atoms with Gasteiger partial charge in [-0.05, 0) is 50.5 Å². The van der Waals surface area contributed by atoms with Crippen LogP contribution >= 0.6 is 0 Å². The molecule has 20 heavy (non-hydrogen) atoms. The van der Waals surface area contributed by atoms with Gasteiger partial charge in [-0.15, -0.1) is 0 Å². The van der Waals surface area contributed by atoms with Crippen LogP contribution in [0.4, 0.5) is 5.69 Å². The molecule has 0 saturated carbocycles. The molecule has 0 radical (unpaired) electrons. The Balaban J connectivity index is 2.70. The maximum atomic E-state index is 5.57. The van der Waals surface area contributed by atoms with Crippen molar-refractivity contribution in [1.82, 2.24) is 5.43 Å². The molecule has 112 valence electrons. The summed E-state index contributed by atoms with van der Waals surface area (Å²) in [6.07, 6.45) is 0.889. The van der Waals surface area contributed by atoms with Crippen molar-refractivity contribution in [3.05, 3.63) is 29.3 Å². The first-order chi connectivity index (χ1) is 9.58. The molecule has 0 fully saturated rings. The van der Waals surface area contributed by atoms with E-state index >= 15 is 0 Å². The van der Waals surface area contributed by atoms with Crippen LogP contribution < -0.4 is 16.2 Å². The first-order valence-electron chi connectivity index (χ1n) is 6.99. The van der Waals surface area contributed by atoms with Crippen LogP contribution in [0.15, 0.2) is 23.2 Å². The molecule has 0 amide bonds. The van der Waals surface area contributed by atoms with Crippen LogP contribution in [0.1, 0.15) is 24.5 Å². The second-order valence-electron chi connectivity index (χ2n) is 4.81. The Hall–Kier alpha value is -1.59. The van der Waals surface area contributed by atoms with Gasteiger partial charge in [-0.1, -0.05) is 6.07 Å². The lowest BCUT2D eigenvalue weighted by molar-refractivity contribution is 0.146. The summed E-state index contributed by atoms with van der Waals surface area (Å²) in [7, 11) is 1.95. The Bertz CT molecular complexity index is 425. The topological polar surface area (TPSA) is 62.9 Å². The monoisotopic (exact) mass is 278 g/mol. The smallest absolute Gasteiger partial charge is 0.212 e. The molecule has 5 heteroatoms. The number of nitrogens with two attached hydrogens (primary N) is 1. The third kappa shape index (κ3) is 5.19. The molecule has 0 atom stereocenters. The lowest BCUT2D eigenvalue weighted by Gasteiger charge is -2.21. The van der Waals surface area contributed by atoms with Crippen molar-refractivity contribution in [3.8, 4) is 0 Å². The Morgan fingerprint density at radius 3 is 2.50 bits per heavy atom. The Morgan fingerprint density at radius 2 is 1.95 bits per heavy atom. The van der Waals surface area contributed by atoms with E-state index < -0.39 is 0 Å². The lowest BCUT2D eigenvalue weighted by atomic mass is 10.1. The van der Waals surface area contributed by atoms with Gasteiger partial charge in [0, 0.05) is 32.5 Å². The molecule has 0 aliphatic heterocycles. The minimum Gasteiger partial charge on any atom is -0.382 e. The molecule has 0 heterocycles. The van der Waals surface area contributed by atoms with Gasteiger partial charge in [0.2, 0.25) is 5.96 Å². The van der Waals surface area contributed by atoms with Crippen LogP contribution in [0.5, 0.6) is 0 Å². The molecule has 1 rings (SSSR count). The number of nitrogens with one attached hydrogen (secondary N) is 1. The number of hydrazine groups is 1. The second kappa shape index (κ2) is 8.55. The number of aliphatic imine (C=N–C) groups is 1. The summed E-state index contributed by atoms with van der Waals surface area (Å²) in [4.78, 5) is 6.44. The highest BCUT2D eigenvalue weighted by Crippen LogP contribution is 2.17. The average Bonchev–Trinajstić information content (AvgIpc) is 2.41. The predicted octanol–water partition coefficient (Wildman–Crippen LogP) is 1.99. The first kappa shape index (κ1) is 16.5. The van der Waals surface area contributed by atoms with Crippen LogP contribution in [0.25, 0.3) is 0 Å². The molecule has 0 aromatic heterocycles. The first-order valence-corrected chi connectivity index (χ1v) is 6.99. The van der Waals surface area contributed by atoms with Crippen molar-refractivity contribution in [2.24, 2.45) is 10.8 Å². The molecular weight excluding hydrogens is 252 g/mol. The molecule has 0 saturated heterocycles. The number of rotatable bonds is 6. The van der Waals surface area contributed by atoms with Crippen molar-refractivity contribution in [2.75, 3.05) is 31.7 Å². The average molecular weight is 278 g/mol. The molecule has 1 aromatic carbocycles. The number of nitrogens with zero attached hydrogens (tertiary/aromatic N) is 2. The van der Waals surface area contributed by atoms with E-state index in [0.29, 0.717) is 12.5 Å². The molecule has 3 N–H and O–H groups in total. The van der Waals surface area contributed by atoms with E-state index in [0.717, 1.165) is 25.3 Å². The van der Waals surface area contributed by atoms with Crippen LogP contribution in [0.3, 0.4) is 0 Å². The number of aryl methyl sites for hydroxylation is 2. The van der Waals surface area contributed by atoms with E-state index in [1.807, 2.05) is 18.9 Å². The normalized spacial score (nSPS) is 11.6. The summed E-state index contributed by atoms with van der Waals surface area (Å²) in [6, 6.07) is 6.37. The van der Waals surface area contributed by atoms with E-state index in [9.17, 15) is 0 Å². The van der Waals surface area contributed by atoms with Gasteiger partial charge in [0.05, 0.1) is 0 Å². The summed E-state index contributed by atoms with van der Waals surface area (Å²) in [5.74, 6) is 6.23. The van der Waals surface area contributed by atoms with Crippen LogP contribution in [-0.4, -0.2) is 32.8 Å². The maximum Gasteiger partial charge on any atom is 0.212 e. The highest BCUT2D eigenvalue weighted by molar-refractivity contribution is 5.95. The second-order valence-corrected chi connectivity index (χ2v) is 4.81. The fourth-order valence-corrected chi connectivity index (χ4v) is 2.01. The van der Waals surface area contributed by atoms with Crippen molar-refractivity contribution in [2.45, 2.75) is 27.2 Å². The molecule has 0 unspecified atom stereocenters. The molecule has 0 aliphatic rings. The Kier molecular flexibility index (Phi) is 7.04. The number of hydrogen-bond donors (Lipinski definition) is 2. The Labute approximate surface area is 121 Å². The van der Waals surface area contributed by atoms with Gasteiger partial charge in [0.25, 0.3) is 0 Å². The van der Waals surface area contributed by atoms with Crippen LogP contribution in [-0.2, 0) is 4.74 Å². The number of ether oxygens (including phenoxy) is 1. The van der Waals surface area contributed by atoms with Crippen LogP contribution in [0.2, 0.25) is 0 Å². The summed E-state index contributed by atoms with van der Waals surface area (Å²) < 4.78 is 5.29. The zero-order valence-corrected chi connectivity index (χ0v) is 12.9. The van der Waals surface area contributed by atoms with Crippen molar-refractivity contribution in [1.29, 1.82) is 0 Å². The van der Waals surface area contributed by atoms with Gasteiger partial charge < -0.3 is 9.64 Å². The fourth-order valence-electron chi connectivity index (χ4n) is 2.01. The standard InChI is InChI=1S/C15H26N4O/c1-5-20-8-6-7-17-15(18-16)19(4)14-10-12(2)9-13(3)11-14/h9-11H,5-8,16H2,1-4H3,(H,17,18). The van der Waals surface area contributed by atoms with E-state index in [1.165, 1.54) is 11.1 Å². The van der Waals surface area contributed by atoms with Gasteiger partial charge >= 0.3 is 0 Å².